The van der Waals surface area contributed by atoms with Crippen LogP contribution in [0.15, 0.2) is 24.3 Å². The molecule has 1 N–H and O–H groups in total. The highest BCUT2D eigenvalue weighted by Crippen LogP contribution is 2.14. The average molecular weight is 355 g/mol. The van der Waals surface area contributed by atoms with Crippen molar-refractivity contribution in [3.05, 3.63) is 30.1 Å². The normalized spacial score (nSPS) is 20.4. The van der Waals surface area contributed by atoms with Crippen molar-refractivity contribution in [3.8, 4) is 0 Å². The lowest BCUT2D eigenvalue weighted by atomic mass is 10.1. The first-order valence-electron chi connectivity index (χ1n) is 9.94. The van der Waals surface area contributed by atoms with Gasteiger partial charge >= 0.3 is 0 Å². The molecule has 0 bridgehead atoms. The van der Waals surface area contributed by atoms with Gasteiger partial charge in [0.25, 0.3) is 0 Å². The van der Waals surface area contributed by atoms with Crippen molar-refractivity contribution in [2.45, 2.75) is 32.2 Å². The van der Waals surface area contributed by atoms with Crippen LogP contribution >= 0.6 is 0 Å². The zero-order valence-corrected chi connectivity index (χ0v) is 15.5. The van der Waals surface area contributed by atoms with Crippen LogP contribution in [0.3, 0.4) is 0 Å². The molecule has 1 aromatic carbocycles. The molecule has 3 heterocycles. The zero-order valence-electron chi connectivity index (χ0n) is 15.5. The van der Waals surface area contributed by atoms with E-state index in [1.54, 1.807) is 0 Å². The number of fused-ring (bicyclic) bond motifs is 1. The molecular formula is C20H29N5O. The van der Waals surface area contributed by atoms with Gasteiger partial charge in [-0.15, -0.1) is 0 Å². The van der Waals surface area contributed by atoms with Crippen LogP contribution in [0.5, 0.6) is 0 Å². The lowest BCUT2D eigenvalue weighted by Crippen LogP contribution is -2.43. The summed E-state index contributed by atoms with van der Waals surface area (Å²) in [7, 11) is 0. The second-order valence-corrected chi connectivity index (χ2v) is 7.55. The predicted octanol–water partition coefficient (Wildman–Crippen LogP) is 2.08. The van der Waals surface area contributed by atoms with Crippen LogP contribution in [0.2, 0.25) is 0 Å². The fraction of sp³-hybridized carbons (Fsp3) is 0.600. The van der Waals surface area contributed by atoms with E-state index in [-0.39, 0.29) is 0 Å². The van der Waals surface area contributed by atoms with Crippen molar-refractivity contribution in [2.75, 3.05) is 45.8 Å². The van der Waals surface area contributed by atoms with E-state index >= 15 is 0 Å². The summed E-state index contributed by atoms with van der Waals surface area (Å²) in [5.41, 5.74) is 2.12. The Balaban J connectivity index is 1.30. The minimum Gasteiger partial charge on any atom is -0.341 e. The van der Waals surface area contributed by atoms with Gasteiger partial charge in [0, 0.05) is 26.2 Å². The maximum Gasteiger partial charge on any atom is 0.236 e. The number of aromatic amines is 1. The predicted molar refractivity (Wildman–Crippen MR) is 103 cm³/mol. The largest absolute Gasteiger partial charge is 0.341 e. The number of hydrogen-bond acceptors (Lipinski definition) is 4. The summed E-state index contributed by atoms with van der Waals surface area (Å²) >= 11 is 0. The number of imidazole rings is 1. The van der Waals surface area contributed by atoms with Gasteiger partial charge in [0.05, 0.1) is 24.1 Å². The van der Waals surface area contributed by atoms with Crippen LogP contribution in [-0.4, -0.2) is 76.4 Å². The Bertz CT molecular complexity index is 704. The van der Waals surface area contributed by atoms with Crippen LogP contribution in [-0.2, 0) is 11.3 Å². The van der Waals surface area contributed by atoms with Crippen LogP contribution in [0, 0.1) is 0 Å². The van der Waals surface area contributed by atoms with E-state index in [0.29, 0.717) is 12.5 Å². The number of amides is 1. The highest BCUT2D eigenvalue weighted by molar-refractivity contribution is 5.78. The number of carbonyl (C=O) groups excluding carboxylic acids is 1. The van der Waals surface area contributed by atoms with Gasteiger partial charge in [-0.05, 0) is 44.5 Å². The fourth-order valence-electron chi connectivity index (χ4n) is 4.08. The molecule has 6 nitrogen and oxygen atoms in total. The maximum atomic E-state index is 12.6. The van der Waals surface area contributed by atoms with Gasteiger partial charge in [0.1, 0.15) is 5.82 Å². The van der Waals surface area contributed by atoms with Crippen molar-refractivity contribution in [1.82, 2.24) is 24.7 Å². The first-order chi connectivity index (χ1) is 12.8. The molecule has 0 atom stereocenters. The number of carbonyl (C=O) groups is 1. The van der Waals surface area contributed by atoms with Crippen molar-refractivity contribution in [2.24, 2.45) is 0 Å². The molecule has 0 radical (unpaired) electrons. The van der Waals surface area contributed by atoms with E-state index in [2.05, 4.69) is 30.7 Å². The van der Waals surface area contributed by atoms with Crippen LogP contribution in [0.1, 0.15) is 31.5 Å². The summed E-state index contributed by atoms with van der Waals surface area (Å²) in [6, 6.07) is 8.15. The van der Waals surface area contributed by atoms with Crippen molar-refractivity contribution in [3.63, 3.8) is 0 Å². The average Bonchev–Trinajstić information content (AvgIpc) is 2.92. The Hall–Kier alpha value is -1.92. The van der Waals surface area contributed by atoms with Gasteiger partial charge in [-0.25, -0.2) is 4.98 Å². The summed E-state index contributed by atoms with van der Waals surface area (Å²) in [6.45, 7) is 7.23. The standard InChI is InChI=1S/C20H29N5O/c26-20(16-23-9-4-1-5-10-23)25-12-6-11-24(13-14-25)15-19-21-17-7-2-3-8-18(17)22-19/h2-3,7-8H,1,4-6,9-16H2,(H,21,22). The number of aromatic nitrogens is 2. The Morgan fingerprint density at radius 3 is 2.58 bits per heavy atom. The SMILES string of the molecule is O=C(CN1CCCCC1)N1CCCN(Cc2nc3ccccc3[nH]2)CC1. The summed E-state index contributed by atoms with van der Waals surface area (Å²) < 4.78 is 0. The van der Waals surface area contributed by atoms with E-state index in [1.807, 2.05) is 18.2 Å². The van der Waals surface area contributed by atoms with Gasteiger partial charge in [0.2, 0.25) is 5.91 Å². The van der Waals surface area contributed by atoms with Crippen molar-refractivity contribution < 1.29 is 4.79 Å². The van der Waals surface area contributed by atoms with E-state index in [0.717, 1.165) is 69.1 Å². The number of nitrogens with one attached hydrogen (secondary N) is 1. The number of rotatable bonds is 4. The zero-order chi connectivity index (χ0) is 17.8. The molecule has 4 rings (SSSR count). The molecule has 0 aliphatic carbocycles. The number of piperidine rings is 1. The third kappa shape index (κ3) is 4.24. The minimum atomic E-state index is 0.303. The fourth-order valence-corrected chi connectivity index (χ4v) is 4.08. The second kappa shape index (κ2) is 8.18. The molecule has 1 aromatic heterocycles. The number of likely N-dealkylation sites (tertiary alicyclic amines) is 1. The lowest BCUT2D eigenvalue weighted by Gasteiger charge is -2.29. The topological polar surface area (TPSA) is 55.5 Å². The van der Waals surface area contributed by atoms with Crippen LogP contribution in [0.4, 0.5) is 0 Å². The number of nitrogens with zero attached hydrogens (tertiary/aromatic N) is 4. The van der Waals surface area contributed by atoms with Gasteiger partial charge in [-0.2, -0.15) is 0 Å². The molecule has 2 fully saturated rings. The van der Waals surface area contributed by atoms with E-state index < -0.39 is 0 Å². The molecule has 0 saturated carbocycles. The number of H-pyrrole nitrogens is 1. The van der Waals surface area contributed by atoms with Crippen LogP contribution < -0.4 is 0 Å². The molecule has 2 saturated heterocycles. The smallest absolute Gasteiger partial charge is 0.236 e. The number of benzene rings is 1. The summed E-state index contributed by atoms with van der Waals surface area (Å²) in [6.07, 6.45) is 4.81. The first-order valence-corrected chi connectivity index (χ1v) is 9.94. The molecule has 0 unspecified atom stereocenters. The Morgan fingerprint density at radius 1 is 0.923 bits per heavy atom. The Kier molecular flexibility index (Phi) is 5.51. The van der Waals surface area contributed by atoms with E-state index in [1.165, 1.54) is 19.3 Å². The number of hydrogen-bond donors (Lipinski definition) is 1. The summed E-state index contributed by atoms with van der Waals surface area (Å²) in [4.78, 5) is 27.5. The Labute approximate surface area is 155 Å². The van der Waals surface area contributed by atoms with Crippen molar-refractivity contribution in [1.29, 1.82) is 0 Å². The van der Waals surface area contributed by atoms with Gasteiger partial charge in [-0.1, -0.05) is 18.6 Å². The monoisotopic (exact) mass is 355 g/mol. The molecule has 2 aromatic rings. The van der Waals surface area contributed by atoms with Crippen LogP contribution in [0.25, 0.3) is 11.0 Å². The number of para-hydroxylation sites is 2. The third-order valence-electron chi connectivity index (χ3n) is 5.56. The second-order valence-electron chi connectivity index (χ2n) is 7.55. The molecule has 2 aliphatic rings. The quantitative estimate of drug-likeness (QED) is 0.912. The first kappa shape index (κ1) is 17.5. The lowest BCUT2D eigenvalue weighted by molar-refractivity contribution is -0.132. The molecule has 26 heavy (non-hydrogen) atoms. The highest BCUT2D eigenvalue weighted by Gasteiger charge is 2.22. The van der Waals surface area contributed by atoms with Gasteiger partial charge < -0.3 is 9.88 Å². The maximum absolute atomic E-state index is 12.6. The van der Waals surface area contributed by atoms with E-state index in [4.69, 9.17) is 0 Å². The van der Waals surface area contributed by atoms with E-state index in [9.17, 15) is 4.79 Å². The molecule has 0 spiro atoms. The Morgan fingerprint density at radius 2 is 1.73 bits per heavy atom. The molecular weight excluding hydrogens is 326 g/mol. The van der Waals surface area contributed by atoms with Gasteiger partial charge in [-0.3, -0.25) is 14.6 Å². The molecule has 140 valence electrons. The van der Waals surface area contributed by atoms with Gasteiger partial charge in [0.15, 0.2) is 0 Å². The minimum absolute atomic E-state index is 0.303. The molecule has 6 heteroatoms. The highest BCUT2D eigenvalue weighted by atomic mass is 16.2. The summed E-state index contributed by atoms with van der Waals surface area (Å²) in [5, 5.41) is 0. The summed E-state index contributed by atoms with van der Waals surface area (Å²) in [5.74, 6) is 1.32. The molecule has 2 aliphatic heterocycles. The molecule has 1 amide bonds. The third-order valence-corrected chi connectivity index (χ3v) is 5.56. The van der Waals surface area contributed by atoms with Crippen molar-refractivity contribution >= 4 is 16.9 Å².